The molecule has 0 aliphatic carbocycles. The molecular formula is C14H13F3O5. The van der Waals surface area contributed by atoms with E-state index in [1.165, 1.54) is 13.8 Å². The van der Waals surface area contributed by atoms with E-state index < -0.39 is 46.7 Å². The molecule has 22 heavy (non-hydrogen) atoms. The topological polar surface area (TPSA) is 69.7 Å². The number of esters is 2. The first-order valence-electron chi connectivity index (χ1n) is 6.36. The molecule has 0 amide bonds. The van der Waals surface area contributed by atoms with Gasteiger partial charge < -0.3 is 9.47 Å². The Morgan fingerprint density at radius 2 is 1.45 bits per heavy atom. The molecule has 0 aliphatic heterocycles. The number of hydrogen-bond donors (Lipinski definition) is 0. The third-order valence-corrected chi connectivity index (χ3v) is 2.61. The molecule has 8 heteroatoms. The van der Waals surface area contributed by atoms with Gasteiger partial charge in [0.15, 0.2) is 23.2 Å². The SMILES string of the molecule is CCOC(=O)C(C(=O)OCC)C(=O)c1ccc(F)c(F)c1F. The molecule has 120 valence electrons. The van der Waals surface area contributed by atoms with E-state index in [-0.39, 0.29) is 13.2 Å². The lowest BCUT2D eigenvalue weighted by Gasteiger charge is -2.14. The van der Waals surface area contributed by atoms with E-state index in [1.54, 1.807) is 0 Å². The highest BCUT2D eigenvalue weighted by Crippen LogP contribution is 2.20. The number of rotatable bonds is 6. The fourth-order valence-corrected chi connectivity index (χ4v) is 1.63. The van der Waals surface area contributed by atoms with Crippen LogP contribution in [0.3, 0.4) is 0 Å². The first-order valence-corrected chi connectivity index (χ1v) is 6.36. The molecule has 1 aromatic carbocycles. The van der Waals surface area contributed by atoms with E-state index in [2.05, 4.69) is 9.47 Å². The van der Waals surface area contributed by atoms with Crippen molar-refractivity contribution in [3.63, 3.8) is 0 Å². The van der Waals surface area contributed by atoms with E-state index >= 15 is 0 Å². The number of carbonyl (C=O) groups excluding carboxylic acids is 3. The Labute approximate surface area is 124 Å². The first-order chi connectivity index (χ1) is 10.3. The van der Waals surface area contributed by atoms with Crippen LogP contribution in [0.15, 0.2) is 12.1 Å². The van der Waals surface area contributed by atoms with Crippen LogP contribution in [-0.2, 0) is 19.1 Å². The molecule has 5 nitrogen and oxygen atoms in total. The van der Waals surface area contributed by atoms with Crippen molar-refractivity contribution in [2.24, 2.45) is 5.92 Å². The standard InChI is InChI=1S/C14H13F3O5/c1-3-21-13(19)9(14(20)22-4-2)12(18)7-5-6-8(15)11(17)10(7)16/h5-6,9H,3-4H2,1-2H3. The maximum absolute atomic E-state index is 13.6. The van der Waals surface area contributed by atoms with Crippen molar-refractivity contribution in [2.45, 2.75) is 13.8 Å². The van der Waals surface area contributed by atoms with Gasteiger partial charge in [-0.05, 0) is 26.0 Å². The number of ketones is 1. The molecule has 0 fully saturated rings. The number of ether oxygens (including phenoxy) is 2. The lowest BCUT2D eigenvalue weighted by molar-refractivity contribution is -0.158. The van der Waals surface area contributed by atoms with Crippen LogP contribution in [-0.4, -0.2) is 30.9 Å². The smallest absolute Gasteiger partial charge is 0.328 e. The molecule has 1 rings (SSSR count). The van der Waals surface area contributed by atoms with Gasteiger partial charge in [0, 0.05) is 0 Å². The zero-order chi connectivity index (χ0) is 16.9. The van der Waals surface area contributed by atoms with Crippen molar-refractivity contribution in [2.75, 3.05) is 13.2 Å². The Bertz CT molecular complexity index is 582. The van der Waals surface area contributed by atoms with Gasteiger partial charge in [0.25, 0.3) is 0 Å². The fraction of sp³-hybridized carbons (Fsp3) is 0.357. The Kier molecular flexibility index (Phi) is 6.09. The molecule has 0 spiro atoms. The van der Waals surface area contributed by atoms with Gasteiger partial charge >= 0.3 is 11.9 Å². The van der Waals surface area contributed by atoms with Crippen molar-refractivity contribution in [3.05, 3.63) is 35.1 Å². The normalized spacial score (nSPS) is 10.5. The highest BCUT2D eigenvalue weighted by Gasteiger charge is 2.39. The summed E-state index contributed by atoms with van der Waals surface area (Å²) in [7, 11) is 0. The summed E-state index contributed by atoms with van der Waals surface area (Å²) < 4.78 is 48.8. The maximum Gasteiger partial charge on any atom is 0.328 e. The second-order valence-electron chi connectivity index (χ2n) is 4.02. The lowest BCUT2D eigenvalue weighted by Crippen LogP contribution is -2.35. The highest BCUT2D eigenvalue weighted by molar-refractivity contribution is 6.20. The summed E-state index contributed by atoms with van der Waals surface area (Å²) in [5, 5.41) is 0. The van der Waals surface area contributed by atoms with E-state index in [4.69, 9.17) is 0 Å². The summed E-state index contributed by atoms with van der Waals surface area (Å²) in [5.74, 6) is -11.1. The predicted octanol–water partition coefficient (Wildman–Crippen LogP) is 2.03. The minimum atomic E-state index is -2.10. The summed E-state index contributed by atoms with van der Waals surface area (Å²) in [6.45, 7) is 2.59. The van der Waals surface area contributed by atoms with Crippen LogP contribution in [0.5, 0.6) is 0 Å². The second kappa shape index (κ2) is 7.58. The largest absolute Gasteiger partial charge is 0.465 e. The van der Waals surface area contributed by atoms with Gasteiger partial charge in [-0.1, -0.05) is 0 Å². The molecule has 0 radical (unpaired) electrons. The highest BCUT2D eigenvalue weighted by atomic mass is 19.2. The zero-order valence-corrected chi connectivity index (χ0v) is 11.8. The first kappa shape index (κ1) is 17.7. The minimum absolute atomic E-state index is 0.137. The van der Waals surface area contributed by atoms with Crippen LogP contribution in [0, 0.1) is 23.4 Å². The fourth-order valence-electron chi connectivity index (χ4n) is 1.63. The Balaban J connectivity index is 3.25. The van der Waals surface area contributed by atoms with Gasteiger partial charge in [-0.15, -0.1) is 0 Å². The quantitative estimate of drug-likeness (QED) is 0.347. The van der Waals surface area contributed by atoms with Crippen molar-refractivity contribution >= 4 is 17.7 Å². The van der Waals surface area contributed by atoms with Crippen molar-refractivity contribution < 1.29 is 37.0 Å². The minimum Gasteiger partial charge on any atom is -0.465 e. The summed E-state index contributed by atoms with van der Waals surface area (Å²) in [5.41, 5.74) is -0.940. The second-order valence-corrected chi connectivity index (χ2v) is 4.02. The predicted molar refractivity (Wildman–Crippen MR) is 67.4 cm³/mol. The van der Waals surface area contributed by atoms with Gasteiger partial charge in [-0.25, -0.2) is 13.2 Å². The summed E-state index contributed by atoms with van der Waals surface area (Å²) >= 11 is 0. The summed E-state index contributed by atoms with van der Waals surface area (Å²) in [4.78, 5) is 35.5. The van der Waals surface area contributed by atoms with Gasteiger partial charge in [0.05, 0.1) is 18.8 Å². The number of carbonyl (C=O) groups is 3. The van der Waals surface area contributed by atoms with Crippen LogP contribution >= 0.6 is 0 Å². The number of halogens is 3. The summed E-state index contributed by atoms with van der Waals surface area (Å²) in [6, 6.07) is 1.15. The molecule has 0 saturated heterocycles. The average Bonchev–Trinajstić information content (AvgIpc) is 2.45. The zero-order valence-electron chi connectivity index (χ0n) is 11.8. The van der Waals surface area contributed by atoms with Crippen LogP contribution in [0.1, 0.15) is 24.2 Å². The van der Waals surface area contributed by atoms with Crippen LogP contribution in [0.4, 0.5) is 13.2 Å². The molecular weight excluding hydrogens is 305 g/mol. The van der Waals surface area contributed by atoms with E-state index in [9.17, 15) is 27.6 Å². The van der Waals surface area contributed by atoms with Crippen molar-refractivity contribution in [1.29, 1.82) is 0 Å². The van der Waals surface area contributed by atoms with Gasteiger partial charge in [-0.2, -0.15) is 0 Å². The number of benzene rings is 1. The van der Waals surface area contributed by atoms with E-state index in [0.717, 1.165) is 0 Å². The number of Topliss-reactive ketones (excluding diaryl/α,β-unsaturated/α-hetero) is 1. The molecule has 0 atom stereocenters. The van der Waals surface area contributed by atoms with Gasteiger partial charge in [-0.3, -0.25) is 14.4 Å². The molecule has 0 N–H and O–H groups in total. The van der Waals surface area contributed by atoms with Crippen molar-refractivity contribution in [3.8, 4) is 0 Å². The van der Waals surface area contributed by atoms with Crippen molar-refractivity contribution in [1.82, 2.24) is 0 Å². The Hall–Kier alpha value is -2.38. The molecule has 0 saturated carbocycles. The lowest BCUT2D eigenvalue weighted by atomic mass is 9.97. The van der Waals surface area contributed by atoms with Crippen LogP contribution in [0.2, 0.25) is 0 Å². The molecule has 1 aromatic rings. The van der Waals surface area contributed by atoms with Gasteiger partial charge in [0.1, 0.15) is 0 Å². The monoisotopic (exact) mass is 318 g/mol. The van der Waals surface area contributed by atoms with Crippen LogP contribution < -0.4 is 0 Å². The summed E-state index contributed by atoms with van der Waals surface area (Å²) in [6.07, 6.45) is 0. The van der Waals surface area contributed by atoms with E-state index in [0.29, 0.717) is 12.1 Å². The van der Waals surface area contributed by atoms with E-state index in [1.807, 2.05) is 0 Å². The molecule has 0 aromatic heterocycles. The van der Waals surface area contributed by atoms with Crippen LogP contribution in [0.25, 0.3) is 0 Å². The van der Waals surface area contributed by atoms with Gasteiger partial charge in [0.2, 0.25) is 5.92 Å². The average molecular weight is 318 g/mol. The molecule has 0 bridgehead atoms. The number of hydrogen-bond acceptors (Lipinski definition) is 5. The third kappa shape index (κ3) is 3.63. The Morgan fingerprint density at radius 3 is 1.91 bits per heavy atom. The third-order valence-electron chi connectivity index (χ3n) is 2.61. The molecule has 0 heterocycles. The Morgan fingerprint density at radius 1 is 0.955 bits per heavy atom. The maximum atomic E-state index is 13.6. The molecule has 0 aliphatic rings. The molecule has 0 unspecified atom stereocenters.